The maximum absolute atomic E-state index is 12.9. The molecule has 0 saturated carbocycles. The molecule has 138 valence electrons. The lowest BCUT2D eigenvalue weighted by molar-refractivity contribution is -0.141. The van der Waals surface area contributed by atoms with Gasteiger partial charge in [-0.25, -0.2) is 4.98 Å². The van der Waals surface area contributed by atoms with E-state index in [2.05, 4.69) is 4.98 Å². The van der Waals surface area contributed by atoms with Crippen LogP contribution in [0.2, 0.25) is 0 Å². The summed E-state index contributed by atoms with van der Waals surface area (Å²) >= 11 is 1.45. The first-order chi connectivity index (χ1) is 12.4. The molecule has 7 nitrogen and oxygen atoms in total. The van der Waals surface area contributed by atoms with Gasteiger partial charge in [0, 0.05) is 25.9 Å². The van der Waals surface area contributed by atoms with Crippen LogP contribution in [0.4, 0.5) is 5.13 Å². The first-order valence-corrected chi connectivity index (χ1v) is 9.33. The number of amides is 3. The zero-order chi connectivity index (χ0) is 18.8. The number of benzene rings is 1. The normalized spacial score (nSPS) is 14.7. The van der Waals surface area contributed by atoms with Gasteiger partial charge in [0.1, 0.15) is 6.54 Å². The molecule has 0 bridgehead atoms. The third-order valence-electron chi connectivity index (χ3n) is 4.36. The second-order valence-electron chi connectivity index (χ2n) is 6.64. The largest absolute Gasteiger partial charge is 0.308 e. The minimum Gasteiger partial charge on any atom is -0.308 e. The third-order valence-corrected chi connectivity index (χ3v) is 5.40. The Kier molecular flexibility index (Phi) is 5.33. The lowest BCUT2D eigenvalue weighted by atomic mass is 10.2. The Bertz CT molecular complexity index is 845. The zero-order valence-corrected chi connectivity index (χ0v) is 16.0. The molecule has 0 aliphatic carbocycles. The molecule has 1 fully saturated rings. The molecule has 1 aliphatic heterocycles. The molecule has 1 aliphatic rings. The third kappa shape index (κ3) is 3.76. The number of aryl methyl sites for hydroxylation is 1. The summed E-state index contributed by atoms with van der Waals surface area (Å²) in [6, 6.07) is 5.93. The van der Waals surface area contributed by atoms with E-state index in [0.717, 1.165) is 20.7 Å². The molecule has 0 N–H and O–H groups in total. The molecule has 3 amide bonds. The monoisotopic (exact) mass is 374 g/mol. The van der Waals surface area contributed by atoms with Crippen molar-refractivity contribution < 1.29 is 14.4 Å². The van der Waals surface area contributed by atoms with Crippen LogP contribution in [0.1, 0.15) is 18.4 Å². The van der Waals surface area contributed by atoms with Gasteiger partial charge in [-0.15, -0.1) is 0 Å². The van der Waals surface area contributed by atoms with Gasteiger partial charge in [0.05, 0.1) is 10.2 Å². The van der Waals surface area contributed by atoms with Crippen LogP contribution in [0, 0.1) is 6.92 Å². The fourth-order valence-corrected chi connectivity index (χ4v) is 3.92. The van der Waals surface area contributed by atoms with Crippen molar-refractivity contribution in [3.8, 4) is 0 Å². The van der Waals surface area contributed by atoms with Crippen LogP contribution in [-0.4, -0.2) is 66.2 Å². The predicted molar refractivity (Wildman–Crippen MR) is 101 cm³/mol. The Morgan fingerprint density at radius 3 is 2.50 bits per heavy atom. The van der Waals surface area contributed by atoms with E-state index in [1.165, 1.54) is 11.3 Å². The fourth-order valence-electron chi connectivity index (χ4n) is 2.84. The van der Waals surface area contributed by atoms with E-state index < -0.39 is 0 Å². The second-order valence-corrected chi connectivity index (χ2v) is 7.65. The summed E-state index contributed by atoms with van der Waals surface area (Å²) in [6.07, 6.45) is 0.369. The summed E-state index contributed by atoms with van der Waals surface area (Å²) < 4.78 is 1.01. The summed E-state index contributed by atoms with van der Waals surface area (Å²) in [6.45, 7) is 2.86. The van der Waals surface area contributed by atoms with E-state index in [-0.39, 0.29) is 37.1 Å². The predicted octanol–water partition coefficient (Wildman–Crippen LogP) is 1.65. The lowest BCUT2D eigenvalue weighted by Gasteiger charge is -2.24. The van der Waals surface area contributed by atoms with Crippen molar-refractivity contribution in [3.63, 3.8) is 0 Å². The minimum atomic E-state index is -0.285. The highest BCUT2D eigenvalue weighted by Crippen LogP contribution is 2.30. The van der Waals surface area contributed by atoms with Gasteiger partial charge >= 0.3 is 0 Å². The summed E-state index contributed by atoms with van der Waals surface area (Å²) in [4.78, 5) is 45.8. The van der Waals surface area contributed by atoms with Gasteiger partial charge in [-0.05, 0) is 32.6 Å². The van der Waals surface area contributed by atoms with Crippen molar-refractivity contribution in [1.82, 2.24) is 14.8 Å². The summed E-state index contributed by atoms with van der Waals surface area (Å²) in [7, 11) is 3.86. The molecule has 0 unspecified atom stereocenters. The molecule has 0 atom stereocenters. The Labute approximate surface area is 156 Å². The minimum absolute atomic E-state index is 0.185. The Morgan fingerprint density at radius 1 is 1.19 bits per heavy atom. The number of fused-ring (bicyclic) bond motifs is 1. The van der Waals surface area contributed by atoms with Gasteiger partial charge in [0.25, 0.3) is 0 Å². The van der Waals surface area contributed by atoms with Gasteiger partial charge in [-0.1, -0.05) is 23.5 Å². The van der Waals surface area contributed by atoms with Gasteiger partial charge in [0.2, 0.25) is 17.7 Å². The van der Waals surface area contributed by atoms with Crippen molar-refractivity contribution in [2.24, 2.45) is 0 Å². The zero-order valence-electron chi connectivity index (χ0n) is 15.2. The van der Waals surface area contributed by atoms with Crippen LogP contribution < -0.4 is 4.90 Å². The molecule has 2 heterocycles. The number of imide groups is 1. The smallest absolute Gasteiger partial charge is 0.248 e. The fraction of sp³-hybridized carbons (Fsp3) is 0.444. The Balaban J connectivity index is 1.88. The van der Waals surface area contributed by atoms with E-state index in [0.29, 0.717) is 18.2 Å². The van der Waals surface area contributed by atoms with Crippen molar-refractivity contribution in [3.05, 3.63) is 23.8 Å². The quantitative estimate of drug-likeness (QED) is 0.719. The number of nitrogens with zero attached hydrogens (tertiary/aromatic N) is 4. The Morgan fingerprint density at radius 2 is 1.88 bits per heavy atom. The number of para-hydroxylation sites is 1. The van der Waals surface area contributed by atoms with E-state index in [1.807, 2.05) is 44.1 Å². The van der Waals surface area contributed by atoms with Gasteiger partial charge < -0.3 is 4.90 Å². The van der Waals surface area contributed by atoms with Crippen LogP contribution in [-0.2, 0) is 14.4 Å². The molecule has 8 heteroatoms. The highest BCUT2D eigenvalue weighted by molar-refractivity contribution is 7.22. The molecule has 3 rings (SSSR count). The maximum Gasteiger partial charge on any atom is 0.248 e. The number of carbonyl (C=O) groups is 3. The molecular formula is C18H22N4O3S. The molecule has 0 spiro atoms. The molecule has 26 heavy (non-hydrogen) atoms. The molecule has 0 radical (unpaired) electrons. The van der Waals surface area contributed by atoms with Crippen molar-refractivity contribution in [2.75, 3.05) is 38.6 Å². The van der Waals surface area contributed by atoms with E-state index in [9.17, 15) is 14.4 Å². The van der Waals surface area contributed by atoms with Gasteiger partial charge in [-0.2, -0.15) is 0 Å². The topological polar surface area (TPSA) is 73.8 Å². The SMILES string of the molecule is Cc1cccc2sc(N(CCN(C)C)C(=O)CN3C(=O)CCC3=O)nc12. The number of likely N-dealkylation sites (tertiary alicyclic amines) is 1. The number of carbonyl (C=O) groups excluding carboxylic acids is 3. The van der Waals surface area contributed by atoms with E-state index in [4.69, 9.17) is 0 Å². The van der Waals surface area contributed by atoms with Crippen LogP contribution in [0.15, 0.2) is 18.2 Å². The standard InChI is InChI=1S/C18H22N4O3S/c1-12-5-4-6-13-17(12)19-18(26-13)21(10-9-20(2)3)16(25)11-22-14(23)7-8-15(22)24/h4-6H,7-11H2,1-3H3. The number of rotatable bonds is 6. The number of hydrogen-bond donors (Lipinski definition) is 0. The van der Waals surface area contributed by atoms with Crippen molar-refractivity contribution in [1.29, 1.82) is 0 Å². The number of thiazole rings is 1. The van der Waals surface area contributed by atoms with Gasteiger partial charge in [-0.3, -0.25) is 24.2 Å². The first-order valence-electron chi connectivity index (χ1n) is 8.51. The Hall–Kier alpha value is -2.32. The van der Waals surface area contributed by atoms with Crippen molar-refractivity contribution in [2.45, 2.75) is 19.8 Å². The van der Waals surface area contributed by atoms with Crippen LogP contribution in [0.3, 0.4) is 0 Å². The average molecular weight is 374 g/mol. The second kappa shape index (κ2) is 7.51. The molecule has 1 aromatic heterocycles. The molecule has 1 aromatic carbocycles. The van der Waals surface area contributed by atoms with E-state index in [1.54, 1.807) is 4.90 Å². The summed E-state index contributed by atoms with van der Waals surface area (Å²) in [5.74, 6) is -0.848. The average Bonchev–Trinajstić information content (AvgIpc) is 3.14. The van der Waals surface area contributed by atoms with Gasteiger partial charge in [0.15, 0.2) is 5.13 Å². The molecule has 1 saturated heterocycles. The number of hydrogen-bond acceptors (Lipinski definition) is 6. The van der Waals surface area contributed by atoms with Crippen LogP contribution in [0.5, 0.6) is 0 Å². The highest BCUT2D eigenvalue weighted by atomic mass is 32.1. The lowest BCUT2D eigenvalue weighted by Crippen LogP contribution is -2.44. The highest BCUT2D eigenvalue weighted by Gasteiger charge is 2.32. The van der Waals surface area contributed by atoms with Crippen LogP contribution in [0.25, 0.3) is 10.2 Å². The number of anilines is 1. The number of aromatic nitrogens is 1. The van der Waals surface area contributed by atoms with Crippen LogP contribution >= 0.6 is 11.3 Å². The summed E-state index contributed by atoms with van der Waals surface area (Å²) in [5, 5.41) is 0.597. The molecule has 2 aromatic rings. The van der Waals surface area contributed by atoms with Crippen molar-refractivity contribution >= 4 is 44.4 Å². The van der Waals surface area contributed by atoms with E-state index >= 15 is 0 Å². The maximum atomic E-state index is 12.9. The summed E-state index contributed by atoms with van der Waals surface area (Å²) in [5.41, 5.74) is 1.93. The first kappa shape index (κ1) is 18.5. The molecular weight excluding hydrogens is 352 g/mol. The number of likely N-dealkylation sites (N-methyl/N-ethyl adjacent to an activating group) is 1.